The zero-order valence-corrected chi connectivity index (χ0v) is 18.4. The summed E-state index contributed by atoms with van der Waals surface area (Å²) in [6, 6.07) is 15.6. The van der Waals surface area contributed by atoms with Crippen molar-refractivity contribution in [1.82, 2.24) is 14.9 Å². The van der Waals surface area contributed by atoms with Crippen LogP contribution in [-0.2, 0) is 4.74 Å². The molecule has 0 unspecified atom stereocenters. The van der Waals surface area contributed by atoms with Gasteiger partial charge in [0, 0.05) is 34.9 Å². The molecule has 33 heavy (non-hydrogen) atoms. The van der Waals surface area contributed by atoms with E-state index < -0.39 is 5.91 Å². The fourth-order valence-electron chi connectivity index (χ4n) is 4.49. The minimum absolute atomic E-state index is 0.0220. The fourth-order valence-corrected chi connectivity index (χ4v) is 5.15. The minimum Gasteiger partial charge on any atom is -0.378 e. The molecule has 0 saturated carbocycles. The number of primary amides is 1. The average molecular weight is 457 g/mol. The summed E-state index contributed by atoms with van der Waals surface area (Å²) in [7, 11) is 0. The third kappa shape index (κ3) is 3.35. The predicted octanol–water partition coefficient (Wildman–Crippen LogP) is 4.17. The Balaban J connectivity index is 1.50. The first-order chi connectivity index (χ1) is 16.1. The summed E-state index contributed by atoms with van der Waals surface area (Å²) in [5.74, 6) is -0.529. The van der Waals surface area contributed by atoms with E-state index in [1.807, 2.05) is 48.0 Å². The summed E-state index contributed by atoms with van der Waals surface area (Å²) in [5, 5.41) is 1.82. The lowest BCUT2D eigenvalue weighted by Crippen LogP contribution is -2.40. The van der Waals surface area contributed by atoms with Gasteiger partial charge in [0.1, 0.15) is 0 Å². The molecule has 3 N–H and O–H groups in total. The van der Waals surface area contributed by atoms with Gasteiger partial charge < -0.3 is 20.4 Å². The van der Waals surface area contributed by atoms with Crippen molar-refractivity contribution in [2.24, 2.45) is 5.73 Å². The molecular weight excluding hydrogens is 436 g/mol. The number of hydrogen-bond acceptors (Lipinski definition) is 5. The van der Waals surface area contributed by atoms with Crippen LogP contribution in [0.4, 0.5) is 0 Å². The quantitative estimate of drug-likeness (QED) is 0.425. The smallest absolute Gasteiger partial charge is 0.254 e. The van der Waals surface area contributed by atoms with Crippen molar-refractivity contribution in [2.45, 2.75) is 0 Å². The van der Waals surface area contributed by atoms with Crippen molar-refractivity contribution in [3.8, 4) is 11.1 Å². The lowest BCUT2D eigenvalue weighted by molar-refractivity contribution is 0.0303. The highest BCUT2D eigenvalue weighted by atomic mass is 32.1. The Labute approximate surface area is 192 Å². The number of rotatable bonds is 3. The Bertz CT molecular complexity index is 1560. The number of carbonyl (C=O) groups is 2. The van der Waals surface area contributed by atoms with Crippen molar-refractivity contribution in [3.05, 3.63) is 65.2 Å². The number of nitrogens with zero attached hydrogens (tertiary/aromatic N) is 2. The van der Waals surface area contributed by atoms with Crippen LogP contribution in [0, 0.1) is 0 Å². The lowest BCUT2D eigenvalue weighted by Gasteiger charge is -2.26. The first-order valence-corrected chi connectivity index (χ1v) is 11.6. The van der Waals surface area contributed by atoms with Crippen molar-refractivity contribution < 1.29 is 14.3 Å². The molecule has 7 nitrogen and oxygen atoms in total. The predicted molar refractivity (Wildman–Crippen MR) is 130 cm³/mol. The monoisotopic (exact) mass is 456 g/mol. The van der Waals surface area contributed by atoms with Crippen molar-refractivity contribution in [3.63, 3.8) is 0 Å². The molecule has 164 valence electrons. The maximum absolute atomic E-state index is 12.9. The Morgan fingerprint density at radius 2 is 1.85 bits per heavy atom. The van der Waals surface area contributed by atoms with Gasteiger partial charge in [-0.05, 0) is 47.5 Å². The number of ether oxygens (including phenoxy) is 1. The van der Waals surface area contributed by atoms with Gasteiger partial charge in [-0.1, -0.05) is 12.1 Å². The zero-order chi connectivity index (χ0) is 22.5. The Morgan fingerprint density at radius 3 is 2.67 bits per heavy atom. The molecule has 0 aliphatic carbocycles. The molecule has 0 radical (unpaired) electrons. The molecule has 1 aliphatic heterocycles. The molecule has 5 aromatic rings. The van der Waals surface area contributed by atoms with Crippen molar-refractivity contribution >= 4 is 55.2 Å². The van der Waals surface area contributed by atoms with Gasteiger partial charge in [0.15, 0.2) is 0 Å². The maximum atomic E-state index is 12.9. The Morgan fingerprint density at radius 1 is 1.00 bits per heavy atom. The van der Waals surface area contributed by atoms with Gasteiger partial charge in [0.2, 0.25) is 0 Å². The first-order valence-electron chi connectivity index (χ1n) is 10.7. The molecule has 3 heterocycles. The Kier molecular flexibility index (Phi) is 4.63. The maximum Gasteiger partial charge on any atom is 0.254 e. The molecule has 1 aliphatic rings. The van der Waals surface area contributed by atoms with E-state index in [-0.39, 0.29) is 5.91 Å². The number of aromatic nitrogens is 2. The molecule has 1 fully saturated rings. The van der Waals surface area contributed by atoms with Crippen molar-refractivity contribution in [1.29, 1.82) is 0 Å². The van der Waals surface area contributed by atoms with Crippen LogP contribution in [0.1, 0.15) is 20.7 Å². The number of hydrogen-bond donors (Lipinski definition) is 2. The van der Waals surface area contributed by atoms with Crippen LogP contribution < -0.4 is 5.73 Å². The highest BCUT2D eigenvalue weighted by molar-refractivity contribution is 7.16. The zero-order valence-electron chi connectivity index (χ0n) is 17.6. The van der Waals surface area contributed by atoms with E-state index in [1.165, 1.54) is 0 Å². The van der Waals surface area contributed by atoms with Gasteiger partial charge in [-0.2, -0.15) is 0 Å². The number of thiazole rings is 1. The van der Waals surface area contributed by atoms with Crippen LogP contribution in [0.15, 0.2) is 54.0 Å². The highest BCUT2D eigenvalue weighted by Gasteiger charge is 2.20. The van der Waals surface area contributed by atoms with Crippen LogP contribution >= 0.6 is 11.3 Å². The van der Waals surface area contributed by atoms with E-state index in [4.69, 9.17) is 10.5 Å². The summed E-state index contributed by atoms with van der Waals surface area (Å²) in [4.78, 5) is 34.8. The number of benzene rings is 3. The number of nitrogens with two attached hydrogens (primary N) is 1. The number of nitrogens with one attached hydrogen (secondary N) is 1. The van der Waals surface area contributed by atoms with Gasteiger partial charge in [-0.25, -0.2) is 4.98 Å². The SMILES string of the molecule is NC(=O)c1cc(-c2ccc3scnc3c2)cc2c1[nH]c1cc(C(=O)N3CCOCC3)ccc12. The van der Waals surface area contributed by atoms with Gasteiger partial charge in [-0.3, -0.25) is 9.59 Å². The van der Waals surface area contributed by atoms with E-state index in [0.29, 0.717) is 42.9 Å². The second kappa shape index (κ2) is 7.68. The molecule has 2 amide bonds. The average Bonchev–Trinajstić information content (AvgIpc) is 3.46. The van der Waals surface area contributed by atoms with Crippen molar-refractivity contribution in [2.75, 3.05) is 26.3 Å². The second-order valence-corrected chi connectivity index (χ2v) is 9.02. The van der Waals surface area contributed by atoms with Gasteiger partial charge in [0.05, 0.1) is 40.0 Å². The lowest BCUT2D eigenvalue weighted by atomic mass is 9.98. The van der Waals surface area contributed by atoms with E-state index in [2.05, 4.69) is 16.0 Å². The summed E-state index contributed by atoms with van der Waals surface area (Å²) in [6.45, 7) is 2.28. The third-order valence-electron chi connectivity index (χ3n) is 6.18. The number of H-pyrrole nitrogens is 1. The summed E-state index contributed by atoms with van der Waals surface area (Å²) in [5.41, 5.74) is 12.8. The van der Waals surface area contributed by atoms with Crippen LogP contribution in [-0.4, -0.2) is 53.0 Å². The molecule has 1 saturated heterocycles. The first kappa shape index (κ1) is 19.9. The largest absolute Gasteiger partial charge is 0.378 e. The minimum atomic E-state index is -0.507. The summed E-state index contributed by atoms with van der Waals surface area (Å²) >= 11 is 1.59. The van der Waals surface area contributed by atoms with E-state index in [0.717, 1.165) is 37.6 Å². The standard InChI is InChI=1S/C25H20N4O3S/c26-24(30)19-10-16(14-2-4-22-21(11-14)27-13-33-22)9-18-17-3-1-15(12-20(17)28-23(18)19)25(31)29-5-7-32-8-6-29/h1-4,9-13,28H,5-8H2,(H2,26,30). The van der Waals surface area contributed by atoms with E-state index in [1.54, 1.807) is 16.2 Å². The molecule has 2 aromatic heterocycles. The van der Waals surface area contributed by atoms with Crippen LogP contribution in [0.5, 0.6) is 0 Å². The number of carbonyl (C=O) groups excluding carboxylic acids is 2. The summed E-state index contributed by atoms with van der Waals surface area (Å²) < 4.78 is 6.46. The van der Waals surface area contributed by atoms with Crippen LogP contribution in [0.2, 0.25) is 0 Å². The molecule has 0 bridgehead atoms. The summed E-state index contributed by atoms with van der Waals surface area (Å²) in [6.07, 6.45) is 0. The van der Waals surface area contributed by atoms with Crippen LogP contribution in [0.3, 0.4) is 0 Å². The van der Waals surface area contributed by atoms with Gasteiger partial charge >= 0.3 is 0 Å². The molecular formula is C25H20N4O3S. The van der Waals surface area contributed by atoms with E-state index >= 15 is 0 Å². The van der Waals surface area contributed by atoms with Gasteiger partial charge in [0.25, 0.3) is 11.8 Å². The molecule has 3 aromatic carbocycles. The van der Waals surface area contributed by atoms with Gasteiger partial charge in [-0.15, -0.1) is 11.3 Å². The number of amides is 2. The molecule has 0 atom stereocenters. The topological polar surface area (TPSA) is 101 Å². The highest BCUT2D eigenvalue weighted by Crippen LogP contribution is 2.34. The number of morpholine rings is 1. The normalized spacial score (nSPS) is 14.4. The molecule has 0 spiro atoms. The van der Waals surface area contributed by atoms with Crippen LogP contribution in [0.25, 0.3) is 43.1 Å². The van der Waals surface area contributed by atoms with E-state index in [9.17, 15) is 9.59 Å². The number of aromatic amines is 1. The molecule has 8 heteroatoms. The Hall–Kier alpha value is -3.75. The third-order valence-corrected chi connectivity index (χ3v) is 6.99. The second-order valence-electron chi connectivity index (χ2n) is 8.14. The number of fused-ring (bicyclic) bond motifs is 4. The molecule has 6 rings (SSSR count). The fraction of sp³-hybridized carbons (Fsp3) is 0.160.